The molecule has 0 bridgehead atoms. The number of ether oxygens (including phenoxy) is 2. The molecule has 1 unspecified atom stereocenters. The minimum atomic E-state index is -0.771. The van der Waals surface area contributed by atoms with Gasteiger partial charge in [-0.05, 0) is 64.6 Å². The molecule has 0 fully saturated rings. The van der Waals surface area contributed by atoms with Gasteiger partial charge in [0.1, 0.15) is 18.5 Å². The van der Waals surface area contributed by atoms with E-state index in [1.54, 1.807) is 24.3 Å². The summed E-state index contributed by atoms with van der Waals surface area (Å²) < 4.78 is 10.6. The topological polar surface area (TPSA) is 55.8 Å². The summed E-state index contributed by atoms with van der Waals surface area (Å²) in [5.74, 6) is 0.381. The Morgan fingerprint density at radius 2 is 1.61 bits per heavy atom. The average Bonchev–Trinajstić information content (AvgIpc) is 2.69. The van der Waals surface area contributed by atoms with Crippen LogP contribution in [0.2, 0.25) is 0 Å². The summed E-state index contributed by atoms with van der Waals surface area (Å²) in [6, 6.07) is 13.0. The normalized spacial score (nSPS) is 18.1. The molecule has 0 amide bonds. The molecule has 0 saturated carbocycles. The number of methoxy groups -OCH3 is 1. The zero-order valence-corrected chi connectivity index (χ0v) is 17.4. The second-order valence-corrected chi connectivity index (χ2v) is 8.92. The molecule has 4 heteroatoms. The van der Waals surface area contributed by atoms with Crippen molar-refractivity contribution in [2.45, 2.75) is 57.5 Å². The molecule has 3 rings (SSSR count). The first-order valence-corrected chi connectivity index (χ1v) is 9.78. The van der Waals surface area contributed by atoms with Crippen molar-refractivity contribution in [3.63, 3.8) is 0 Å². The molecule has 28 heavy (non-hydrogen) atoms. The fourth-order valence-electron chi connectivity index (χ4n) is 3.89. The maximum atomic E-state index is 11.5. The van der Waals surface area contributed by atoms with E-state index in [2.05, 4.69) is 39.8 Å². The second kappa shape index (κ2) is 7.59. The molecule has 0 saturated heterocycles. The summed E-state index contributed by atoms with van der Waals surface area (Å²) in [5, 5.41) is 10.5. The van der Waals surface area contributed by atoms with Gasteiger partial charge in [-0.1, -0.05) is 45.9 Å². The molecule has 2 aromatic rings. The molecular weight excluding hydrogens is 352 g/mol. The zero-order chi connectivity index (χ0) is 20.5. The molecule has 1 aliphatic rings. The highest BCUT2D eigenvalue weighted by Crippen LogP contribution is 2.46. The van der Waals surface area contributed by atoms with Crippen LogP contribution in [0, 0.1) is 0 Å². The zero-order valence-electron chi connectivity index (χ0n) is 17.4. The van der Waals surface area contributed by atoms with Crippen molar-refractivity contribution in [1.29, 1.82) is 0 Å². The van der Waals surface area contributed by atoms with E-state index < -0.39 is 12.1 Å². The quantitative estimate of drug-likeness (QED) is 0.745. The smallest absolute Gasteiger partial charge is 0.337 e. The van der Waals surface area contributed by atoms with E-state index in [0.29, 0.717) is 11.1 Å². The number of esters is 1. The summed E-state index contributed by atoms with van der Waals surface area (Å²) in [5.41, 5.74) is 4.16. The van der Waals surface area contributed by atoms with Gasteiger partial charge in [-0.25, -0.2) is 4.79 Å². The third-order valence-electron chi connectivity index (χ3n) is 5.95. The summed E-state index contributed by atoms with van der Waals surface area (Å²) in [4.78, 5) is 11.5. The predicted octanol–water partition coefficient (Wildman–Crippen LogP) is 4.93. The van der Waals surface area contributed by atoms with Crippen molar-refractivity contribution in [2.75, 3.05) is 13.7 Å². The fraction of sp³-hybridized carbons (Fsp3) is 0.458. The van der Waals surface area contributed by atoms with Gasteiger partial charge in [0, 0.05) is 0 Å². The molecule has 4 nitrogen and oxygen atoms in total. The van der Waals surface area contributed by atoms with E-state index in [1.807, 2.05) is 6.07 Å². The number of carbonyl (C=O) groups is 1. The largest absolute Gasteiger partial charge is 0.491 e. The molecule has 0 aliphatic heterocycles. The summed E-state index contributed by atoms with van der Waals surface area (Å²) in [7, 11) is 1.35. The van der Waals surface area contributed by atoms with Crippen molar-refractivity contribution in [1.82, 2.24) is 0 Å². The number of aliphatic hydroxyl groups is 1. The van der Waals surface area contributed by atoms with Gasteiger partial charge in [0.2, 0.25) is 0 Å². The molecule has 150 valence electrons. The molecule has 0 heterocycles. The highest BCUT2D eigenvalue weighted by molar-refractivity contribution is 5.89. The molecule has 0 aromatic heterocycles. The Hall–Kier alpha value is -2.33. The van der Waals surface area contributed by atoms with E-state index in [4.69, 9.17) is 9.47 Å². The average molecular weight is 383 g/mol. The van der Waals surface area contributed by atoms with Gasteiger partial charge in [-0.15, -0.1) is 0 Å². The van der Waals surface area contributed by atoms with Gasteiger partial charge in [0.05, 0.1) is 12.7 Å². The van der Waals surface area contributed by atoms with Gasteiger partial charge in [0.25, 0.3) is 0 Å². The summed E-state index contributed by atoms with van der Waals surface area (Å²) >= 11 is 0. The Kier molecular flexibility index (Phi) is 5.53. The highest BCUT2D eigenvalue weighted by atomic mass is 16.5. The lowest BCUT2D eigenvalue weighted by Gasteiger charge is -2.41. The van der Waals surface area contributed by atoms with Crippen molar-refractivity contribution in [2.24, 2.45) is 0 Å². The van der Waals surface area contributed by atoms with Gasteiger partial charge in [0.15, 0.2) is 0 Å². The number of carbonyl (C=O) groups excluding carboxylic acids is 1. The van der Waals surface area contributed by atoms with Crippen LogP contribution < -0.4 is 4.74 Å². The molecule has 1 atom stereocenters. The van der Waals surface area contributed by atoms with Crippen LogP contribution in [0.15, 0.2) is 42.5 Å². The second-order valence-electron chi connectivity index (χ2n) is 8.92. The Bertz CT molecular complexity index is 849. The van der Waals surface area contributed by atoms with Gasteiger partial charge in [-0.3, -0.25) is 0 Å². The van der Waals surface area contributed by atoms with Crippen LogP contribution in [-0.4, -0.2) is 24.8 Å². The number of benzene rings is 2. The lowest BCUT2D eigenvalue weighted by atomic mass is 9.63. The van der Waals surface area contributed by atoms with Crippen LogP contribution in [0.25, 0.3) is 0 Å². The standard InChI is InChI=1S/C24H30O4/c1-23(2)12-13-24(3,4)20-14-18(10-11-19(20)23)28-15-21(25)16-6-8-17(9-7-16)22(26)27-5/h6-11,14,21,25H,12-13,15H2,1-5H3. The Balaban J connectivity index is 1.72. The minimum absolute atomic E-state index is 0.118. The molecule has 0 spiro atoms. The molecule has 2 aromatic carbocycles. The van der Waals surface area contributed by atoms with E-state index >= 15 is 0 Å². The van der Waals surface area contributed by atoms with Gasteiger partial charge < -0.3 is 14.6 Å². The number of hydrogen-bond donors (Lipinski definition) is 1. The maximum Gasteiger partial charge on any atom is 0.337 e. The van der Waals surface area contributed by atoms with E-state index in [9.17, 15) is 9.90 Å². The van der Waals surface area contributed by atoms with E-state index in [0.717, 1.165) is 12.2 Å². The Morgan fingerprint density at radius 1 is 1.00 bits per heavy atom. The molecule has 1 N–H and O–H groups in total. The Morgan fingerprint density at radius 3 is 2.21 bits per heavy atom. The van der Waals surface area contributed by atoms with Gasteiger partial charge in [-0.2, -0.15) is 0 Å². The summed E-state index contributed by atoms with van der Waals surface area (Å²) in [6.45, 7) is 9.30. The number of aliphatic hydroxyl groups excluding tert-OH is 1. The first-order chi connectivity index (χ1) is 13.1. The summed E-state index contributed by atoms with van der Waals surface area (Å²) in [6.07, 6.45) is 1.55. The lowest BCUT2D eigenvalue weighted by Crippen LogP contribution is -2.33. The van der Waals surface area contributed by atoms with Crippen LogP contribution in [-0.2, 0) is 15.6 Å². The predicted molar refractivity (Wildman–Crippen MR) is 110 cm³/mol. The highest BCUT2D eigenvalue weighted by Gasteiger charge is 2.37. The number of fused-ring (bicyclic) bond motifs is 1. The first kappa shape index (κ1) is 20.4. The van der Waals surface area contributed by atoms with E-state index in [1.165, 1.54) is 24.7 Å². The maximum absolute atomic E-state index is 11.5. The van der Waals surface area contributed by atoms with Gasteiger partial charge >= 0.3 is 5.97 Å². The number of rotatable bonds is 5. The van der Waals surface area contributed by atoms with Crippen molar-refractivity contribution in [3.05, 3.63) is 64.7 Å². The number of hydrogen-bond acceptors (Lipinski definition) is 4. The third kappa shape index (κ3) is 4.07. The van der Waals surface area contributed by atoms with Crippen LogP contribution in [0.5, 0.6) is 5.75 Å². The third-order valence-corrected chi connectivity index (χ3v) is 5.95. The minimum Gasteiger partial charge on any atom is -0.491 e. The van der Waals surface area contributed by atoms with E-state index in [-0.39, 0.29) is 17.4 Å². The fourth-order valence-corrected chi connectivity index (χ4v) is 3.89. The van der Waals surface area contributed by atoms with Crippen molar-refractivity contribution < 1.29 is 19.4 Å². The van der Waals surface area contributed by atoms with Crippen LogP contribution >= 0.6 is 0 Å². The van der Waals surface area contributed by atoms with Crippen LogP contribution in [0.1, 0.15) is 73.7 Å². The Labute approximate surface area is 167 Å². The monoisotopic (exact) mass is 382 g/mol. The first-order valence-electron chi connectivity index (χ1n) is 9.78. The molecular formula is C24H30O4. The SMILES string of the molecule is COC(=O)c1ccc(C(O)COc2ccc3c(c2)C(C)(C)CCC3(C)C)cc1. The van der Waals surface area contributed by atoms with Crippen molar-refractivity contribution in [3.8, 4) is 5.75 Å². The van der Waals surface area contributed by atoms with Crippen LogP contribution in [0.3, 0.4) is 0 Å². The van der Waals surface area contributed by atoms with Crippen LogP contribution in [0.4, 0.5) is 0 Å². The lowest BCUT2D eigenvalue weighted by molar-refractivity contribution is 0.0600. The molecule has 1 aliphatic carbocycles. The van der Waals surface area contributed by atoms with Crippen molar-refractivity contribution >= 4 is 5.97 Å². The molecule has 0 radical (unpaired) electrons.